The highest BCUT2D eigenvalue weighted by atomic mass is 15.1. The van der Waals surface area contributed by atoms with Gasteiger partial charge in [-0.15, -0.1) is 0 Å². The van der Waals surface area contributed by atoms with Gasteiger partial charge in [0.15, 0.2) is 0 Å². The summed E-state index contributed by atoms with van der Waals surface area (Å²) in [4.78, 5) is 10.6. The summed E-state index contributed by atoms with van der Waals surface area (Å²) in [5, 5.41) is 13.2. The van der Waals surface area contributed by atoms with Gasteiger partial charge in [0.2, 0.25) is 0 Å². The van der Waals surface area contributed by atoms with E-state index in [9.17, 15) is 0 Å². The van der Waals surface area contributed by atoms with Gasteiger partial charge in [-0.25, -0.2) is 9.97 Å². The number of nitrogens with zero attached hydrogens (tertiary/aromatic N) is 5. The Morgan fingerprint density at radius 2 is 1.19 bits per heavy atom. The van der Waals surface area contributed by atoms with Crippen LogP contribution >= 0.6 is 0 Å². The Hall–Kier alpha value is -6.79. The van der Waals surface area contributed by atoms with E-state index in [-0.39, 0.29) is 5.41 Å². The van der Waals surface area contributed by atoms with Crippen LogP contribution in [0.4, 0.5) is 0 Å². The molecule has 0 bridgehead atoms. The Labute approximate surface area is 345 Å². The van der Waals surface area contributed by atoms with Crippen molar-refractivity contribution in [2.75, 3.05) is 0 Å². The molecule has 0 atom stereocenters. The zero-order valence-electron chi connectivity index (χ0n) is 34.7. The van der Waals surface area contributed by atoms with Crippen molar-refractivity contribution in [3.8, 4) is 45.3 Å². The molecule has 0 amide bonds. The molecule has 1 N–H and O–H groups in total. The first-order valence-electron chi connectivity index (χ1n) is 20.8. The molecular weight excluding hydrogens is 721 g/mol. The minimum Gasteiger partial charge on any atom is -0.294 e. The van der Waals surface area contributed by atoms with Gasteiger partial charge in [0, 0.05) is 44.6 Å². The molecule has 0 fully saturated rings. The van der Waals surface area contributed by atoms with Gasteiger partial charge in [0.25, 0.3) is 0 Å². The van der Waals surface area contributed by atoms with E-state index in [4.69, 9.17) is 15.1 Å². The Morgan fingerprint density at radius 1 is 0.559 bits per heavy atom. The van der Waals surface area contributed by atoms with Crippen LogP contribution in [0.15, 0.2) is 146 Å². The number of aromatic nitrogens is 6. The molecule has 6 nitrogen and oxygen atoms in total. The molecule has 5 aromatic carbocycles. The minimum atomic E-state index is -0.0163. The molecule has 290 valence electrons. The Morgan fingerprint density at radius 3 is 1.88 bits per heavy atom. The summed E-state index contributed by atoms with van der Waals surface area (Å²) in [6.07, 6.45) is 1.94. The number of hydrogen-bond acceptors (Lipinski definition) is 3. The molecule has 0 radical (unpaired) electrons. The summed E-state index contributed by atoms with van der Waals surface area (Å²) < 4.78 is 4.64. The van der Waals surface area contributed by atoms with Crippen LogP contribution in [0.2, 0.25) is 0 Å². The lowest BCUT2D eigenvalue weighted by molar-refractivity contribution is 0.588. The highest BCUT2D eigenvalue weighted by Crippen LogP contribution is 2.45. The SMILES string of the molecule is CC(C)c1cccc(C(C)C)c1-c1c(-c2ccccc2)n[nH]c1-c1ccc2c3ccccc3n(-c3ccc4c5ccccc5n(-c5cc(C(C)(C)C)ccn5)c4c3)c2n1. The first-order valence-corrected chi connectivity index (χ1v) is 20.8. The average Bonchev–Trinajstić information content (AvgIpc) is 3.93. The predicted molar refractivity (Wildman–Crippen MR) is 246 cm³/mol. The second-order valence-corrected chi connectivity index (χ2v) is 17.4. The summed E-state index contributed by atoms with van der Waals surface area (Å²) in [6, 6.07) is 50.1. The molecule has 0 saturated carbocycles. The summed E-state index contributed by atoms with van der Waals surface area (Å²) in [7, 11) is 0. The average molecular weight is 769 g/mol. The van der Waals surface area contributed by atoms with Crippen molar-refractivity contribution in [1.82, 2.24) is 29.3 Å². The highest BCUT2D eigenvalue weighted by Gasteiger charge is 2.27. The molecule has 0 saturated heterocycles. The molecule has 10 rings (SSSR count). The zero-order chi connectivity index (χ0) is 40.6. The van der Waals surface area contributed by atoms with E-state index < -0.39 is 0 Å². The summed E-state index contributed by atoms with van der Waals surface area (Å²) in [5.74, 6) is 1.53. The number of aromatic amines is 1. The highest BCUT2D eigenvalue weighted by molar-refractivity contribution is 6.11. The van der Waals surface area contributed by atoms with E-state index in [2.05, 4.69) is 202 Å². The molecule has 0 aliphatic carbocycles. The Kier molecular flexibility index (Phi) is 8.64. The first-order chi connectivity index (χ1) is 28.6. The molecule has 0 aliphatic rings. The fourth-order valence-electron chi connectivity index (χ4n) is 9.01. The van der Waals surface area contributed by atoms with Gasteiger partial charge in [0.05, 0.1) is 27.9 Å². The quantitative estimate of drug-likeness (QED) is 0.176. The predicted octanol–water partition coefficient (Wildman–Crippen LogP) is 13.9. The molecule has 5 aromatic heterocycles. The third-order valence-electron chi connectivity index (χ3n) is 12.0. The van der Waals surface area contributed by atoms with Gasteiger partial charge in [-0.05, 0) is 88.0 Å². The third kappa shape index (κ3) is 5.96. The van der Waals surface area contributed by atoms with Gasteiger partial charge in [0.1, 0.15) is 17.2 Å². The van der Waals surface area contributed by atoms with Crippen LogP contribution in [0.3, 0.4) is 0 Å². The van der Waals surface area contributed by atoms with Crippen molar-refractivity contribution in [2.45, 2.75) is 65.7 Å². The monoisotopic (exact) mass is 768 g/mol. The fourth-order valence-corrected chi connectivity index (χ4v) is 9.01. The van der Waals surface area contributed by atoms with Crippen LogP contribution in [-0.4, -0.2) is 29.3 Å². The molecule has 5 heterocycles. The largest absolute Gasteiger partial charge is 0.294 e. The van der Waals surface area contributed by atoms with E-state index in [0.717, 1.165) is 72.7 Å². The van der Waals surface area contributed by atoms with Crippen molar-refractivity contribution in [3.63, 3.8) is 0 Å². The van der Waals surface area contributed by atoms with Crippen molar-refractivity contribution in [2.24, 2.45) is 0 Å². The maximum Gasteiger partial charge on any atom is 0.146 e. The van der Waals surface area contributed by atoms with Gasteiger partial charge in [-0.1, -0.05) is 139 Å². The van der Waals surface area contributed by atoms with Crippen molar-refractivity contribution in [3.05, 3.63) is 162 Å². The normalized spacial score (nSPS) is 12.3. The van der Waals surface area contributed by atoms with Crippen molar-refractivity contribution >= 4 is 43.7 Å². The smallest absolute Gasteiger partial charge is 0.146 e. The lowest BCUT2D eigenvalue weighted by atomic mass is 9.83. The fraction of sp³-hybridized carbons (Fsp3) is 0.189. The van der Waals surface area contributed by atoms with Crippen LogP contribution < -0.4 is 0 Å². The number of H-pyrrole nitrogens is 1. The standard InChI is InChI=1S/C53H48N6/c1-32(2)37-20-15-21-38(33(3)4)48(37)49-50(34-16-9-8-10-17-34)56-57-51(49)43-27-26-42-40-19-12-13-22-44(40)58(52(42)55-43)36-24-25-41-39-18-11-14-23-45(39)59(46(41)31-36)47-30-35(28-29-54-47)53(5,6)7/h8-33H,1-7H3,(H,56,57). The lowest BCUT2D eigenvalue weighted by Gasteiger charge is -2.21. The zero-order valence-corrected chi connectivity index (χ0v) is 34.7. The first kappa shape index (κ1) is 36.5. The number of rotatable bonds is 7. The van der Waals surface area contributed by atoms with E-state index in [0.29, 0.717) is 11.8 Å². The second-order valence-electron chi connectivity index (χ2n) is 17.4. The van der Waals surface area contributed by atoms with E-state index in [1.165, 1.54) is 33.0 Å². The van der Waals surface area contributed by atoms with Crippen LogP contribution in [-0.2, 0) is 5.41 Å². The second kappa shape index (κ2) is 13.9. The Bertz CT molecular complexity index is 3180. The van der Waals surface area contributed by atoms with E-state index in [1.54, 1.807) is 0 Å². The van der Waals surface area contributed by atoms with Crippen molar-refractivity contribution < 1.29 is 0 Å². The molecule has 0 unspecified atom stereocenters. The summed E-state index contributed by atoms with van der Waals surface area (Å²) in [5.41, 5.74) is 15.2. The van der Waals surface area contributed by atoms with Crippen LogP contribution in [0.25, 0.3) is 89.0 Å². The Balaban J connectivity index is 1.24. The number of pyridine rings is 2. The maximum atomic E-state index is 5.62. The van der Waals surface area contributed by atoms with Gasteiger partial charge < -0.3 is 0 Å². The number of para-hydroxylation sites is 2. The van der Waals surface area contributed by atoms with E-state index in [1.807, 2.05) is 6.20 Å². The summed E-state index contributed by atoms with van der Waals surface area (Å²) in [6.45, 7) is 15.9. The van der Waals surface area contributed by atoms with Crippen LogP contribution in [0, 0.1) is 0 Å². The topological polar surface area (TPSA) is 64.3 Å². The number of fused-ring (bicyclic) bond motifs is 6. The van der Waals surface area contributed by atoms with Crippen molar-refractivity contribution in [1.29, 1.82) is 0 Å². The number of hydrogen-bond donors (Lipinski definition) is 1. The molecule has 6 heteroatoms. The van der Waals surface area contributed by atoms with Crippen LogP contribution in [0.5, 0.6) is 0 Å². The molecule has 0 spiro atoms. The van der Waals surface area contributed by atoms with Gasteiger partial charge >= 0.3 is 0 Å². The van der Waals surface area contributed by atoms with Gasteiger partial charge in [-0.3, -0.25) is 14.2 Å². The molecule has 0 aliphatic heterocycles. The number of nitrogens with one attached hydrogen (secondary N) is 1. The van der Waals surface area contributed by atoms with Gasteiger partial charge in [-0.2, -0.15) is 5.10 Å². The minimum absolute atomic E-state index is 0.0163. The maximum absolute atomic E-state index is 5.62. The lowest BCUT2D eigenvalue weighted by Crippen LogP contribution is -2.12. The molecular formula is C53H48N6. The third-order valence-corrected chi connectivity index (χ3v) is 12.0. The van der Waals surface area contributed by atoms with E-state index >= 15 is 0 Å². The molecule has 10 aromatic rings. The summed E-state index contributed by atoms with van der Waals surface area (Å²) >= 11 is 0. The molecule has 59 heavy (non-hydrogen) atoms. The van der Waals surface area contributed by atoms with Crippen LogP contribution in [0.1, 0.15) is 77.0 Å². The number of benzene rings is 5.